The molecule has 0 aromatic heterocycles. The fourth-order valence-electron chi connectivity index (χ4n) is 5.81. The summed E-state index contributed by atoms with van der Waals surface area (Å²) >= 11 is 6.13. The van der Waals surface area contributed by atoms with Crippen LogP contribution in [-0.2, 0) is 9.59 Å². The normalized spacial score (nSPS) is 26.3. The third-order valence-corrected chi connectivity index (χ3v) is 7.72. The predicted molar refractivity (Wildman–Crippen MR) is 135 cm³/mol. The summed E-state index contributed by atoms with van der Waals surface area (Å²) in [6.45, 7) is -0.324. The van der Waals surface area contributed by atoms with Crippen LogP contribution in [0.2, 0.25) is 5.02 Å². The van der Waals surface area contributed by atoms with E-state index in [1.807, 2.05) is 4.90 Å². The van der Waals surface area contributed by atoms with Crippen LogP contribution in [0, 0.1) is 5.82 Å². The Balaban J connectivity index is 1.24. The third-order valence-electron chi connectivity index (χ3n) is 7.49. The first-order valence-corrected chi connectivity index (χ1v) is 13.0. The molecule has 3 N–H and O–H groups in total. The Kier molecular flexibility index (Phi) is 7.45. The third kappa shape index (κ3) is 5.42. The average Bonchev–Trinajstić information content (AvgIpc) is 3.41. The number of nitrogens with two attached hydrogens (primary N) is 1. The molecule has 9 nitrogen and oxygen atoms in total. The molecular weight excluding hydrogens is 517 g/mol. The van der Waals surface area contributed by atoms with Gasteiger partial charge in [0.2, 0.25) is 5.91 Å². The molecule has 1 unspecified atom stereocenters. The Morgan fingerprint density at radius 3 is 2.39 bits per heavy atom. The summed E-state index contributed by atoms with van der Waals surface area (Å²) in [5.41, 5.74) is 5.51. The van der Waals surface area contributed by atoms with E-state index >= 15 is 0 Å². The van der Waals surface area contributed by atoms with Gasteiger partial charge in [0.15, 0.2) is 6.61 Å². The van der Waals surface area contributed by atoms with E-state index in [4.69, 9.17) is 26.8 Å². The molecule has 3 aliphatic rings. The van der Waals surface area contributed by atoms with Crippen molar-refractivity contribution in [1.29, 1.82) is 0 Å². The summed E-state index contributed by atoms with van der Waals surface area (Å²) in [6, 6.07) is 9.44. The number of aliphatic hydroxyl groups is 1. The van der Waals surface area contributed by atoms with Gasteiger partial charge in [0.1, 0.15) is 29.5 Å². The lowest BCUT2D eigenvalue weighted by Gasteiger charge is -2.38. The zero-order chi connectivity index (χ0) is 27.0. The molecule has 3 heterocycles. The van der Waals surface area contributed by atoms with E-state index in [-0.39, 0.29) is 65.8 Å². The molecule has 3 amide bonds. The molecule has 0 radical (unpaired) electrons. The Morgan fingerprint density at radius 2 is 1.74 bits per heavy atom. The lowest BCUT2D eigenvalue weighted by Crippen LogP contribution is -2.50. The highest BCUT2D eigenvalue weighted by Crippen LogP contribution is 2.37. The summed E-state index contributed by atoms with van der Waals surface area (Å²) in [5, 5.41) is 10.3. The number of likely N-dealkylation sites (tertiary alicyclic amines) is 1. The van der Waals surface area contributed by atoms with Gasteiger partial charge >= 0.3 is 0 Å². The number of fused-ring (bicyclic) bond motifs is 2. The van der Waals surface area contributed by atoms with Crippen LogP contribution >= 0.6 is 11.6 Å². The number of hydrogen-bond donors (Lipinski definition) is 2. The number of benzene rings is 2. The highest BCUT2D eigenvalue weighted by Gasteiger charge is 2.44. The molecule has 2 aromatic carbocycles. The number of nitrogens with zero attached hydrogens (tertiary/aromatic N) is 2. The van der Waals surface area contributed by atoms with E-state index in [0.29, 0.717) is 18.6 Å². The first kappa shape index (κ1) is 26.2. The average molecular weight is 546 g/mol. The molecule has 2 aromatic rings. The van der Waals surface area contributed by atoms with Crippen LogP contribution in [0.4, 0.5) is 4.39 Å². The fourth-order valence-corrected chi connectivity index (χ4v) is 5.98. The first-order valence-electron chi connectivity index (χ1n) is 12.6. The Morgan fingerprint density at radius 1 is 1.05 bits per heavy atom. The zero-order valence-electron chi connectivity index (χ0n) is 20.6. The number of halogens is 2. The van der Waals surface area contributed by atoms with Crippen molar-refractivity contribution in [3.63, 3.8) is 0 Å². The van der Waals surface area contributed by atoms with E-state index in [1.165, 1.54) is 29.2 Å². The SMILES string of the molecule is NC(=O)[C@H]1C[C@@H](O)CN1C(=O)c1cc(Cl)ccc1OCC(=O)N1[C@@H]2CC[C@H]1CC(Oc1ccc(F)cc1)C2. The van der Waals surface area contributed by atoms with Crippen molar-refractivity contribution in [2.45, 2.75) is 62.4 Å². The number of hydrogen-bond acceptors (Lipinski definition) is 6. The van der Waals surface area contributed by atoms with Gasteiger partial charge in [0.25, 0.3) is 11.8 Å². The summed E-state index contributed by atoms with van der Waals surface area (Å²) < 4.78 is 25.1. The van der Waals surface area contributed by atoms with Crippen LogP contribution in [-0.4, -0.2) is 76.1 Å². The second kappa shape index (κ2) is 10.8. The first-order chi connectivity index (χ1) is 18.2. The Hall–Kier alpha value is -3.37. The van der Waals surface area contributed by atoms with Gasteiger partial charge in [-0.05, 0) is 55.3 Å². The molecular formula is C27H29ClFN3O6. The van der Waals surface area contributed by atoms with Crippen LogP contribution in [0.15, 0.2) is 42.5 Å². The van der Waals surface area contributed by atoms with Crippen molar-refractivity contribution in [1.82, 2.24) is 9.80 Å². The van der Waals surface area contributed by atoms with Gasteiger partial charge in [0, 0.05) is 42.9 Å². The van der Waals surface area contributed by atoms with Crippen LogP contribution in [0.5, 0.6) is 11.5 Å². The van der Waals surface area contributed by atoms with Gasteiger partial charge in [-0.3, -0.25) is 14.4 Å². The maximum Gasteiger partial charge on any atom is 0.261 e. The monoisotopic (exact) mass is 545 g/mol. The topological polar surface area (TPSA) is 122 Å². The van der Waals surface area contributed by atoms with Crippen LogP contribution in [0.1, 0.15) is 42.5 Å². The molecule has 3 fully saturated rings. The van der Waals surface area contributed by atoms with E-state index in [1.54, 1.807) is 18.2 Å². The number of carbonyl (C=O) groups is 3. The zero-order valence-corrected chi connectivity index (χ0v) is 21.4. The Bertz CT molecular complexity index is 1210. The molecule has 11 heteroatoms. The summed E-state index contributed by atoms with van der Waals surface area (Å²) in [6.07, 6.45) is 2.16. The lowest BCUT2D eigenvalue weighted by atomic mass is 9.99. The molecule has 3 saturated heterocycles. The molecule has 202 valence electrons. The number of carbonyl (C=O) groups excluding carboxylic acids is 3. The number of amides is 3. The smallest absolute Gasteiger partial charge is 0.261 e. The second-order valence-corrected chi connectivity index (χ2v) is 10.5. The van der Waals surface area contributed by atoms with E-state index < -0.39 is 24.0 Å². The van der Waals surface area contributed by atoms with Crippen molar-refractivity contribution in [3.8, 4) is 11.5 Å². The maximum absolute atomic E-state index is 13.3. The van der Waals surface area contributed by atoms with Gasteiger partial charge in [-0.1, -0.05) is 11.6 Å². The van der Waals surface area contributed by atoms with Gasteiger partial charge in [-0.25, -0.2) is 4.39 Å². The Labute approximate surface area is 224 Å². The van der Waals surface area contributed by atoms with Gasteiger partial charge < -0.3 is 30.1 Å². The van der Waals surface area contributed by atoms with Crippen LogP contribution < -0.4 is 15.2 Å². The maximum atomic E-state index is 13.3. The van der Waals surface area contributed by atoms with Crippen molar-refractivity contribution >= 4 is 29.3 Å². The minimum atomic E-state index is -0.944. The van der Waals surface area contributed by atoms with Gasteiger partial charge in [-0.15, -0.1) is 0 Å². The van der Waals surface area contributed by atoms with Crippen LogP contribution in [0.3, 0.4) is 0 Å². The van der Waals surface area contributed by atoms with Gasteiger partial charge in [-0.2, -0.15) is 0 Å². The molecule has 2 bridgehead atoms. The molecule has 0 aliphatic carbocycles. The highest BCUT2D eigenvalue weighted by atomic mass is 35.5. The van der Waals surface area contributed by atoms with Crippen molar-refractivity contribution in [2.75, 3.05) is 13.2 Å². The summed E-state index contributed by atoms with van der Waals surface area (Å²) in [7, 11) is 0. The number of aliphatic hydroxyl groups excluding tert-OH is 1. The fraction of sp³-hybridized carbons (Fsp3) is 0.444. The van der Waals surface area contributed by atoms with Crippen molar-refractivity contribution < 1.29 is 33.4 Å². The molecule has 0 saturated carbocycles. The summed E-state index contributed by atoms with van der Waals surface area (Å²) in [4.78, 5) is 41.4. The van der Waals surface area contributed by atoms with E-state index in [9.17, 15) is 23.9 Å². The second-order valence-electron chi connectivity index (χ2n) is 10.0. The van der Waals surface area contributed by atoms with Crippen LogP contribution in [0.25, 0.3) is 0 Å². The van der Waals surface area contributed by atoms with Gasteiger partial charge in [0.05, 0.1) is 11.7 Å². The number of ether oxygens (including phenoxy) is 2. The lowest BCUT2D eigenvalue weighted by molar-refractivity contribution is -0.139. The molecule has 5 atom stereocenters. The number of piperidine rings is 1. The highest BCUT2D eigenvalue weighted by molar-refractivity contribution is 6.31. The molecule has 0 spiro atoms. The quantitative estimate of drug-likeness (QED) is 0.551. The number of β-amino-alcohol motifs (C(OH)–C–C–N with tert-alkyl or cyclic N) is 1. The standard InChI is InChI=1S/C27H29ClFN3O6/c28-15-1-8-24(22(9-15)27(36)31-13-19(33)12-23(31)26(30)35)37-14-25(34)32-17-4-5-18(32)11-21(10-17)38-20-6-2-16(29)3-7-20/h1-3,6-9,17-19,21,23,33H,4-5,10-14H2,(H2,30,35)/t17-,18+,19-,21?,23-/m1/s1. The molecule has 38 heavy (non-hydrogen) atoms. The number of primary amides is 1. The molecule has 5 rings (SSSR count). The predicted octanol–water partition coefficient (Wildman–Crippen LogP) is 2.52. The molecule has 3 aliphatic heterocycles. The van der Waals surface area contributed by atoms with Crippen molar-refractivity contribution in [3.05, 3.63) is 58.9 Å². The minimum absolute atomic E-state index is 0.00373. The van der Waals surface area contributed by atoms with Crippen molar-refractivity contribution in [2.24, 2.45) is 5.73 Å². The van der Waals surface area contributed by atoms with E-state index in [0.717, 1.165) is 12.8 Å². The minimum Gasteiger partial charge on any atom is -0.490 e. The van der Waals surface area contributed by atoms with E-state index in [2.05, 4.69) is 0 Å². The summed E-state index contributed by atoms with van der Waals surface area (Å²) in [5.74, 6) is -1.04. The largest absolute Gasteiger partial charge is 0.490 e. The number of rotatable bonds is 7.